The Morgan fingerprint density at radius 3 is 2.53 bits per heavy atom. The number of carbonyl (C=O) groups excluding carboxylic acids is 1. The number of aryl methyl sites for hydroxylation is 2. The number of ketones is 1. The van der Waals surface area contributed by atoms with Crippen molar-refractivity contribution in [3.63, 3.8) is 0 Å². The summed E-state index contributed by atoms with van der Waals surface area (Å²) < 4.78 is 0. The summed E-state index contributed by atoms with van der Waals surface area (Å²) in [5, 5.41) is 8.06. The van der Waals surface area contributed by atoms with E-state index in [4.69, 9.17) is 0 Å². The van der Waals surface area contributed by atoms with Crippen LogP contribution in [-0.2, 0) is 6.42 Å². The molecule has 86 valence electrons. The van der Waals surface area contributed by atoms with Crippen LogP contribution in [0.25, 0.3) is 0 Å². The first kappa shape index (κ1) is 11.5. The van der Waals surface area contributed by atoms with Crippen molar-refractivity contribution < 1.29 is 4.79 Å². The van der Waals surface area contributed by atoms with Crippen LogP contribution in [-0.4, -0.2) is 16.0 Å². The van der Waals surface area contributed by atoms with Crippen LogP contribution in [0.2, 0.25) is 0 Å². The average molecular weight is 226 g/mol. The van der Waals surface area contributed by atoms with Crippen LogP contribution < -0.4 is 0 Å². The van der Waals surface area contributed by atoms with E-state index >= 15 is 0 Å². The van der Waals surface area contributed by atoms with Gasteiger partial charge in [0, 0.05) is 11.1 Å². The number of benzene rings is 1. The Kier molecular flexibility index (Phi) is 3.28. The third kappa shape index (κ3) is 2.38. The van der Waals surface area contributed by atoms with E-state index in [0.29, 0.717) is 17.5 Å². The van der Waals surface area contributed by atoms with Crippen molar-refractivity contribution in [2.45, 2.75) is 20.3 Å². The Hall–Kier alpha value is -2.03. The van der Waals surface area contributed by atoms with Crippen molar-refractivity contribution in [2.75, 3.05) is 0 Å². The maximum absolute atomic E-state index is 12.3. The molecule has 0 aliphatic heterocycles. The highest BCUT2D eigenvalue weighted by atomic mass is 16.1. The molecule has 1 aromatic carbocycles. The van der Waals surface area contributed by atoms with E-state index in [1.807, 2.05) is 44.2 Å². The summed E-state index contributed by atoms with van der Waals surface area (Å²) in [4.78, 5) is 12.3. The van der Waals surface area contributed by atoms with Gasteiger partial charge in [-0.15, -0.1) is 0 Å². The molecule has 0 spiro atoms. The smallest absolute Gasteiger partial charge is 0.194 e. The first-order chi connectivity index (χ1) is 8.22. The molecule has 3 nitrogen and oxygen atoms in total. The number of rotatable bonds is 3. The molecule has 0 saturated carbocycles. The SMILES string of the molecule is CCc1nnc(C)cc1C(=O)c1ccccc1. The van der Waals surface area contributed by atoms with E-state index in [-0.39, 0.29) is 5.78 Å². The predicted octanol–water partition coefficient (Wildman–Crippen LogP) is 2.58. The molecule has 3 heteroatoms. The molecule has 1 aromatic heterocycles. The minimum absolute atomic E-state index is 0.0143. The van der Waals surface area contributed by atoms with Crippen molar-refractivity contribution in [1.82, 2.24) is 10.2 Å². The fraction of sp³-hybridized carbons (Fsp3) is 0.214. The van der Waals surface area contributed by atoms with Crippen LogP contribution in [0.5, 0.6) is 0 Å². The molecule has 2 rings (SSSR count). The highest BCUT2D eigenvalue weighted by Gasteiger charge is 2.14. The van der Waals surface area contributed by atoms with Gasteiger partial charge in [-0.05, 0) is 19.4 Å². The topological polar surface area (TPSA) is 42.9 Å². The second-order valence-corrected chi connectivity index (χ2v) is 3.89. The van der Waals surface area contributed by atoms with E-state index < -0.39 is 0 Å². The lowest BCUT2D eigenvalue weighted by Crippen LogP contribution is -2.08. The largest absolute Gasteiger partial charge is 0.289 e. The van der Waals surface area contributed by atoms with Gasteiger partial charge in [-0.2, -0.15) is 10.2 Å². The van der Waals surface area contributed by atoms with Crippen molar-refractivity contribution in [2.24, 2.45) is 0 Å². The van der Waals surface area contributed by atoms with Gasteiger partial charge in [0.15, 0.2) is 5.78 Å². The summed E-state index contributed by atoms with van der Waals surface area (Å²) in [5.41, 5.74) is 2.87. The van der Waals surface area contributed by atoms with Crippen LogP contribution in [0.1, 0.15) is 34.2 Å². The quantitative estimate of drug-likeness (QED) is 0.755. The summed E-state index contributed by atoms with van der Waals surface area (Å²) >= 11 is 0. The molecule has 0 saturated heterocycles. The first-order valence-electron chi connectivity index (χ1n) is 5.65. The maximum Gasteiger partial charge on any atom is 0.194 e. The number of hydrogen-bond donors (Lipinski definition) is 0. The van der Waals surface area contributed by atoms with Gasteiger partial charge < -0.3 is 0 Å². The molecule has 17 heavy (non-hydrogen) atoms. The van der Waals surface area contributed by atoms with E-state index in [0.717, 1.165) is 11.4 Å². The fourth-order valence-corrected chi connectivity index (χ4v) is 1.72. The van der Waals surface area contributed by atoms with Gasteiger partial charge in [-0.3, -0.25) is 4.79 Å². The second kappa shape index (κ2) is 4.87. The highest BCUT2D eigenvalue weighted by molar-refractivity contribution is 6.09. The van der Waals surface area contributed by atoms with Gasteiger partial charge in [0.2, 0.25) is 0 Å². The zero-order chi connectivity index (χ0) is 12.3. The standard InChI is InChI=1S/C14H14N2O/c1-3-13-12(9-10(2)15-16-13)14(17)11-7-5-4-6-8-11/h4-9H,3H2,1-2H3. The van der Waals surface area contributed by atoms with Crippen LogP contribution in [0, 0.1) is 6.92 Å². The average Bonchev–Trinajstić information content (AvgIpc) is 2.39. The van der Waals surface area contributed by atoms with Crippen molar-refractivity contribution >= 4 is 5.78 Å². The molecule has 0 aliphatic rings. The summed E-state index contributed by atoms with van der Waals surface area (Å²) in [6.07, 6.45) is 0.710. The number of aromatic nitrogens is 2. The van der Waals surface area contributed by atoms with E-state index in [1.165, 1.54) is 0 Å². The molecular weight excluding hydrogens is 212 g/mol. The molecule has 0 N–H and O–H groups in total. The van der Waals surface area contributed by atoms with Crippen molar-refractivity contribution in [3.8, 4) is 0 Å². The van der Waals surface area contributed by atoms with Crippen LogP contribution in [0.15, 0.2) is 36.4 Å². The summed E-state index contributed by atoms with van der Waals surface area (Å²) in [7, 11) is 0. The molecule has 0 amide bonds. The molecule has 0 radical (unpaired) electrons. The summed E-state index contributed by atoms with van der Waals surface area (Å²) in [5.74, 6) is 0.0143. The molecule has 0 unspecified atom stereocenters. The van der Waals surface area contributed by atoms with Crippen molar-refractivity contribution in [1.29, 1.82) is 0 Å². The van der Waals surface area contributed by atoms with Crippen LogP contribution in [0.4, 0.5) is 0 Å². The molecule has 0 aliphatic carbocycles. The monoisotopic (exact) mass is 226 g/mol. The molecule has 2 aromatic rings. The minimum Gasteiger partial charge on any atom is -0.289 e. The zero-order valence-electron chi connectivity index (χ0n) is 9.97. The third-order valence-electron chi connectivity index (χ3n) is 2.61. The van der Waals surface area contributed by atoms with Gasteiger partial charge in [0.1, 0.15) is 0 Å². The van der Waals surface area contributed by atoms with Crippen LogP contribution in [0.3, 0.4) is 0 Å². The van der Waals surface area contributed by atoms with E-state index in [1.54, 1.807) is 6.07 Å². The number of hydrogen-bond acceptors (Lipinski definition) is 3. The molecule has 0 fully saturated rings. The Balaban J connectivity index is 2.47. The van der Waals surface area contributed by atoms with E-state index in [2.05, 4.69) is 10.2 Å². The Labute approximate surface area is 101 Å². The lowest BCUT2D eigenvalue weighted by atomic mass is 10.0. The lowest BCUT2D eigenvalue weighted by Gasteiger charge is -2.06. The lowest BCUT2D eigenvalue weighted by molar-refractivity contribution is 0.103. The van der Waals surface area contributed by atoms with Gasteiger partial charge in [-0.1, -0.05) is 37.3 Å². The van der Waals surface area contributed by atoms with Gasteiger partial charge in [0.25, 0.3) is 0 Å². The van der Waals surface area contributed by atoms with Gasteiger partial charge in [0.05, 0.1) is 11.4 Å². The van der Waals surface area contributed by atoms with Gasteiger partial charge >= 0.3 is 0 Å². The molecular formula is C14H14N2O. The number of carbonyl (C=O) groups is 1. The van der Waals surface area contributed by atoms with Crippen LogP contribution >= 0.6 is 0 Å². The minimum atomic E-state index is 0.0143. The second-order valence-electron chi connectivity index (χ2n) is 3.89. The maximum atomic E-state index is 12.3. The highest BCUT2D eigenvalue weighted by Crippen LogP contribution is 2.13. The molecule has 1 heterocycles. The van der Waals surface area contributed by atoms with Gasteiger partial charge in [-0.25, -0.2) is 0 Å². The molecule has 0 atom stereocenters. The fourth-order valence-electron chi connectivity index (χ4n) is 1.72. The summed E-state index contributed by atoms with van der Waals surface area (Å²) in [6.45, 7) is 3.81. The van der Waals surface area contributed by atoms with Crippen molar-refractivity contribution in [3.05, 3.63) is 58.9 Å². The summed E-state index contributed by atoms with van der Waals surface area (Å²) in [6, 6.07) is 11.1. The normalized spacial score (nSPS) is 10.2. The Bertz CT molecular complexity index is 535. The zero-order valence-corrected chi connectivity index (χ0v) is 9.97. The Morgan fingerprint density at radius 1 is 1.18 bits per heavy atom. The Morgan fingerprint density at radius 2 is 1.88 bits per heavy atom. The van der Waals surface area contributed by atoms with E-state index in [9.17, 15) is 4.79 Å². The predicted molar refractivity (Wildman–Crippen MR) is 66.0 cm³/mol. The first-order valence-corrected chi connectivity index (χ1v) is 5.65. The number of nitrogens with zero attached hydrogens (tertiary/aromatic N) is 2. The molecule has 0 bridgehead atoms. The third-order valence-corrected chi connectivity index (χ3v) is 2.61.